The number of aromatic nitrogens is 4. The number of aryl methyl sites for hydroxylation is 1. The number of hydrogen-bond donors (Lipinski definition) is 1. The van der Waals surface area contributed by atoms with Crippen molar-refractivity contribution in [3.63, 3.8) is 0 Å². The molecule has 2 amide bonds. The van der Waals surface area contributed by atoms with Crippen LogP contribution in [0.1, 0.15) is 19.3 Å². The van der Waals surface area contributed by atoms with Gasteiger partial charge in [0.1, 0.15) is 6.61 Å². The number of likely N-dealkylation sites (tertiary alicyclic amines) is 1. The van der Waals surface area contributed by atoms with Gasteiger partial charge in [0.2, 0.25) is 11.8 Å². The van der Waals surface area contributed by atoms with Crippen LogP contribution in [-0.2, 0) is 16.1 Å². The monoisotopic (exact) mass is 479 g/mol. The number of nitrogens with one attached hydrogen (secondary N) is 1. The zero-order valence-corrected chi connectivity index (χ0v) is 19.6. The Morgan fingerprint density at radius 1 is 0.886 bits per heavy atom. The van der Waals surface area contributed by atoms with Gasteiger partial charge in [0, 0.05) is 58.0 Å². The molecule has 0 spiro atoms. The Bertz CT molecular complexity index is 1250. The van der Waals surface area contributed by atoms with Gasteiger partial charge in [0.05, 0.1) is 17.6 Å². The first kappa shape index (κ1) is 23.0. The average Bonchev–Trinajstić information content (AvgIpc) is 3.37. The van der Waals surface area contributed by atoms with Crippen molar-refractivity contribution >= 4 is 28.7 Å². The van der Waals surface area contributed by atoms with E-state index in [0.29, 0.717) is 18.2 Å². The highest BCUT2D eigenvalue weighted by Crippen LogP contribution is 2.24. The van der Waals surface area contributed by atoms with E-state index in [1.54, 1.807) is 17.0 Å². The Hall–Kier alpha value is -3.73. The summed E-state index contributed by atoms with van der Waals surface area (Å²) in [6.45, 7) is 5.30. The molecule has 2 aliphatic rings. The molecular formula is C24H29N7O4. The number of para-hydroxylation sites is 2. The minimum absolute atomic E-state index is 0.0651. The van der Waals surface area contributed by atoms with E-state index in [4.69, 9.17) is 4.74 Å². The van der Waals surface area contributed by atoms with Gasteiger partial charge >= 0.3 is 5.69 Å². The minimum Gasteiger partial charge on any atom is -0.473 e. The van der Waals surface area contributed by atoms with Crippen LogP contribution in [0.4, 0.5) is 5.82 Å². The molecule has 4 heterocycles. The molecule has 0 aliphatic carbocycles. The summed E-state index contributed by atoms with van der Waals surface area (Å²) in [6.07, 6.45) is 4.65. The number of rotatable bonds is 9. The number of carbonyl (C=O) groups is 2. The molecule has 11 heteroatoms. The lowest BCUT2D eigenvalue weighted by atomic mass is 10.2. The lowest BCUT2D eigenvalue weighted by molar-refractivity contribution is -0.138. The maximum atomic E-state index is 12.3. The molecule has 0 saturated carbocycles. The summed E-state index contributed by atoms with van der Waals surface area (Å²) >= 11 is 0. The maximum absolute atomic E-state index is 12.3. The van der Waals surface area contributed by atoms with E-state index in [1.807, 2.05) is 24.3 Å². The SMILES string of the molecule is O=C1CCC(=O)N1CCOc1nccnc1N1CCN(CCCn2c(=O)[nH]c3ccccc32)CC1. The number of piperazine rings is 1. The Morgan fingerprint density at radius 2 is 1.63 bits per heavy atom. The van der Waals surface area contributed by atoms with E-state index >= 15 is 0 Å². The average molecular weight is 480 g/mol. The van der Waals surface area contributed by atoms with Crippen molar-refractivity contribution in [1.82, 2.24) is 29.3 Å². The van der Waals surface area contributed by atoms with Crippen molar-refractivity contribution in [2.45, 2.75) is 25.8 Å². The second kappa shape index (κ2) is 10.3. The number of ether oxygens (including phenoxy) is 1. The van der Waals surface area contributed by atoms with Crippen LogP contribution >= 0.6 is 0 Å². The van der Waals surface area contributed by atoms with Gasteiger partial charge in [-0.2, -0.15) is 0 Å². The van der Waals surface area contributed by atoms with Gasteiger partial charge in [-0.1, -0.05) is 12.1 Å². The van der Waals surface area contributed by atoms with E-state index in [2.05, 4.69) is 24.8 Å². The lowest BCUT2D eigenvalue weighted by Crippen LogP contribution is -2.47. The molecule has 1 N–H and O–H groups in total. The molecule has 2 aromatic heterocycles. The van der Waals surface area contributed by atoms with Crippen LogP contribution in [0.3, 0.4) is 0 Å². The number of carbonyl (C=O) groups excluding carboxylic acids is 2. The van der Waals surface area contributed by atoms with Gasteiger partial charge < -0.3 is 14.6 Å². The highest BCUT2D eigenvalue weighted by molar-refractivity contribution is 6.01. The van der Waals surface area contributed by atoms with Crippen molar-refractivity contribution < 1.29 is 14.3 Å². The first-order chi connectivity index (χ1) is 17.1. The highest BCUT2D eigenvalue weighted by Gasteiger charge is 2.29. The second-order valence-corrected chi connectivity index (χ2v) is 8.75. The number of nitrogens with zero attached hydrogens (tertiary/aromatic N) is 6. The van der Waals surface area contributed by atoms with Gasteiger partial charge in [-0.15, -0.1) is 0 Å². The van der Waals surface area contributed by atoms with E-state index in [1.165, 1.54) is 4.90 Å². The third kappa shape index (κ3) is 5.04. The Kier molecular flexibility index (Phi) is 6.75. The smallest absolute Gasteiger partial charge is 0.326 e. The van der Waals surface area contributed by atoms with E-state index < -0.39 is 0 Å². The molecule has 2 aliphatic heterocycles. The van der Waals surface area contributed by atoms with Crippen LogP contribution in [0.15, 0.2) is 41.5 Å². The summed E-state index contributed by atoms with van der Waals surface area (Å²) in [7, 11) is 0. The van der Waals surface area contributed by atoms with Crippen molar-refractivity contribution in [2.75, 3.05) is 50.8 Å². The number of fused-ring (bicyclic) bond motifs is 1. The third-order valence-electron chi connectivity index (χ3n) is 6.56. The summed E-state index contributed by atoms with van der Waals surface area (Å²) in [5, 5.41) is 0. The van der Waals surface area contributed by atoms with Gasteiger partial charge in [0.15, 0.2) is 5.82 Å². The second-order valence-electron chi connectivity index (χ2n) is 8.75. The largest absolute Gasteiger partial charge is 0.473 e. The van der Waals surface area contributed by atoms with Crippen molar-refractivity contribution in [3.05, 3.63) is 47.1 Å². The van der Waals surface area contributed by atoms with Crippen LogP contribution in [0.2, 0.25) is 0 Å². The van der Waals surface area contributed by atoms with Crippen molar-refractivity contribution in [3.8, 4) is 5.88 Å². The number of benzene rings is 1. The topological polar surface area (TPSA) is 117 Å². The van der Waals surface area contributed by atoms with Crippen LogP contribution in [0.25, 0.3) is 11.0 Å². The number of hydrogen-bond acceptors (Lipinski definition) is 8. The highest BCUT2D eigenvalue weighted by atomic mass is 16.5. The first-order valence-electron chi connectivity index (χ1n) is 12.0. The molecule has 0 radical (unpaired) electrons. The van der Waals surface area contributed by atoms with Crippen molar-refractivity contribution in [2.24, 2.45) is 0 Å². The van der Waals surface area contributed by atoms with E-state index in [-0.39, 0.29) is 43.5 Å². The Morgan fingerprint density at radius 3 is 2.43 bits per heavy atom. The summed E-state index contributed by atoms with van der Waals surface area (Å²) in [5.74, 6) is 0.794. The molecule has 184 valence electrons. The normalized spacial score (nSPS) is 17.0. The standard InChI is InChI=1S/C24H29N7O4/c32-20-6-7-21(33)31(20)16-17-35-23-22(25-8-9-26-23)29-14-12-28(13-15-29)10-3-11-30-19-5-2-1-4-18(19)27-24(30)34/h1-2,4-5,8-9H,3,6-7,10-17H2,(H,27,34). The fraction of sp³-hybridized carbons (Fsp3) is 0.458. The predicted octanol–water partition coefficient (Wildman–Crippen LogP) is 0.860. The molecule has 2 fully saturated rings. The fourth-order valence-corrected chi connectivity index (χ4v) is 4.71. The molecule has 0 atom stereocenters. The number of imide groups is 1. The molecule has 1 aromatic carbocycles. The van der Waals surface area contributed by atoms with E-state index in [9.17, 15) is 14.4 Å². The quantitative estimate of drug-likeness (QED) is 0.449. The lowest BCUT2D eigenvalue weighted by Gasteiger charge is -2.35. The summed E-state index contributed by atoms with van der Waals surface area (Å²) < 4.78 is 7.62. The zero-order valence-electron chi connectivity index (χ0n) is 19.6. The number of H-pyrrole nitrogens is 1. The number of anilines is 1. The molecule has 0 unspecified atom stereocenters. The third-order valence-corrected chi connectivity index (χ3v) is 6.56. The number of amides is 2. The van der Waals surface area contributed by atoms with Crippen LogP contribution in [0.5, 0.6) is 5.88 Å². The number of imidazole rings is 1. The van der Waals surface area contributed by atoms with E-state index in [0.717, 1.165) is 50.2 Å². The zero-order chi connectivity index (χ0) is 24.2. The minimum atomic E-state index is -0.149. The molecular weight excluding hydrogens is 450 g/mol. The van der Waals surface area contributed by atoms with Gasteiger partial charge in [-0.25, -0.2) is 14.8 Å². The van der Waals surface area contributed by atoms with Crippen LogP contribution < -0.4 is 15.3 Å². The van der Waals surface area contributed by atoms with Crippen LogP contribution in [0, 0.1) is 0 Å². The molecule has 2 saturated heterocycles. The molecule has 3 aromatic rings. The Balaban J connectivity index is 1.11. The van der Waals surface area contributed by atoms with Crippen LogP contribution in [-0.4, -0.2) is 87.0 Å². The fourth-order valence-electron chi connectivity index (χ4n) is 4.71. The molecule has 35 heavy (non-hydrogen) atoms. The Labute approximate surface area is 202 Å². The van der Waals surface area contributed by atoms with Gasteiger partial charge in [-0.3, -0.25) is 24.0 Å². The maximum Gasteiger partial charge on any atom is 0.326 e. The predicted molar refractivity (Wildman–Crippen MR) is 129 cm³/mol. The van der Waals surface area contributed by atoms with Gasteiger partial charge in [-0.05, 0) is 25.1 Å². The summed E-state index contributed by atoms with van der Waals surface area (Å²) in [4.78, 5) is 53.3. The molecule has 0 bridgehead atoms. The first-order valence-corrected chi connectivity index (χ1v) is 12.0. The number of aromatic amines is 1. The molecule has 11 nitrogen and oxygen atoms in total. The summed E-state index contributed by atoms with van der Waals surface area (Å²) in [5.41, 5.74) is 1.74. The van der Waals surface area contributed by atoms with Gasteiger partial charge in [0.25, 0.3) is 5.88 Å². The molecule has 5 rings (SSSR count). The summed E-state index contributed by atoms with van der Waals surface area (Å²) in [6, 6.07) is 7.75. The van der Waals surface area contributed by atoms with Crippen molar-refractivity contribution in [1.29, 1.82) is 0 Å².